The molecule has 0 aliphatic carbocycles. The second-order valence-corrected chi connectivity index (χ2v) is 6.42. The first-order valence-electron chi connectivity index (χ1n) is 7.46. The van der Waals surface area contributed by atoms with Crippen molar-refractivity contribution in [2.75, 3.05) is 11.9 Å². The maximum Gasteiger partial charge on any atom is 0.230 e. The van der Waals surface area contributed by atoms with E-state index in [9.17, 15) is 4.79 Å². The molecule has 3 heteroatoms. The lowest BCUT2D eigenvalue weighted by Gasteiger charge is -2.25. The third-order valence-corrected chi connectivity index (χ3v) is 3.30. The fraction of sp³-hybridized carbons (Fsp3) is 0.588. The quantitative estimate of drug-likeness (QED) is 0.795. The highest BCUT2D eigenvalue weighted by atomic mass is 16.2. The summed E-state index contributed by atoms with van der Waals surface area (Å²) < 4.78 is 0. The van der Waals surface area contributed by atoms with Crippen molar-refractivity contribution in [3.05, 3.63) is 29.8 Å². The van der Waals surface area contributed by atoms with Gasteiger partial charge in [0.05, 0.1) is 0 Å². The second kappa shape index (κ2) is 7.44. The van der Waals surface area contributed by atoms with E-state index in [1.54, 1.807) is 0 Å². The van der Waals surface area contributed by atoms with Gasteiger partial charge in [-0.15, -0.1) is 0 Å². The summed E-state index contributed by atoms with van der Waals surface area (Å²) >= 11 is 0. The monoisotopic (exact) mass is 276 g/mol. The molecule has 0 bridgehead atoms. The molecule has 0 aromatic heterocycles. The van der Waals surface area contributed by atoms with Crippen LogP contribution in [0.25, 0.3) is 0 Å². The summed E-state index contributed by atoms with van der Waals surface area (Å²) in [6, 6.07) is 8.03. The summed E-state index contributed by atoms with van der Waals surface area (Å²) in [7, 11) is 0. The van der Waals surface area contributed by atoms with Crippen LogP contribution in [-0.4, -0.2) is 12.5 Å². The zero-order chi connectivity index (χ0) is 15.2. The summed E-state index contributed by atoms with van der Waals surface area (Å²) in [5.74, 6) is 0.600. The lowest BCUT2D eigenvalue weighted by molar-refractivity contribution is -0.124. The lowest BCUT2D eigenvalue weighted by atomic mass is 9.83. The number of amides is 1. The van der Waals surface area contributed by atoms with Crippen LogP contribution in [0, 0.1) is 11.3 Å². The fourth-order valence-corrected chi connectivity index (χ4v) is 2.44. The highest BCUT2D eigenvalue weighted by molar-refractivity contribution is 5.94. The van der Waals surface area contributed by atoms with E-state index in [0.717, 1.165) is 25.2 Å². The van der Waals surface area contributed by atoms with Crippen LogP contribution in [0.2, 0.25) is 0 Å². The van der Waals surface area contributed by atoms with E-state index in [1.165, 1.54) is 5.56 Å². The van der Waals surface area contributed by atoms with Crippen molar-refractivity contribution < 1.29 is 4.79 Å². The third kappa shape index (κ3) is 5.33. The van der Waals surface area contributed by atoms with Crippen molar-refractivity contribution in [1.29, 1.82) is 0 Å². The lowest BCUT2D eigenvalue weighted by Crippen LogP contribution is -2.32. The van der Waals surface area contributed by atoms with Crippen molar-refractivity contribution in [2.24, 2.45) is 11.3 Å². The van der Waals surface area contributed by atoms with Crippen LogP contribution in [0.5, 0.6) is 0 Å². The molecule has 1 amide bonds. The van der Waals surface area contributed by atoms with E-state index in [1.807, 2.05) is 32.0 Å². The van der Waals surface area contributed by atoms with Gasteiger partial charge in [0.1, 0.15) is 0 Å². The van der Waals surface area contributed by atoms with Crippen LogP contribution in [0.4, 0.5) is 5.69 Å². The van der Waals surface area contributed by atoms with Crippen molar-refractivity contribution >= 4 is 11.6 Å². The highest BCUT2D eigenvalue weighted by Crippen LogP contribution is 2.27. The van der Waals surface area contributed by atoms with Gasteiger partial charge in [-0.25, -0.2) is 0 Å². The standard InChI is InChI=1S/C17H28N2O/c1-6-18-12-14-8-7-9-15(10-14)19-16(20)17(4,5)11-13(2)3/h7-10,13,18H,6,11-12H2,1-5H3,(H,19,20). The van der Waals surface area contributed by atoms with Crippen LogP contribution in [0.15, 0.2) is 24.3 Å². The molecule has 2 N–H and O–H groups in total. The number of benzene rings is 1. The van der Waals surface area contributed by atoms with E-state index in [-0.39, 0.29) is 11.3 Å². The van der Waals surface area contributed by atoms with Gasteiger partial charge in [0, 0.05) is 17.6 Å². The predicted octanol–water partition coefficient (Wildman–Crippen LogP) is 3.81. The zero-order valence-electron chi connectivity index (χ0n) is 13.4. The van der Waals surface area contributed by atoms with Gasteiger partial charge < -0.3 is 10.6 Å². The Labute approximate surface area is 123 Å². The van der Waals surface area contributed by atoms with Crippen LogP contribution >= 0.6 is 0 Å². The average molecular weight is 276 g/mol. The zero-order valence-corrected chi connectivity index (χ0v) is 13.4. The number of hydrogen-bond acceptors (Lipinski definition) is 2. The van der Waals surface area contributed by atoms with Crippen molar-refractivity contribution in [1.82, 2.24) is 5.32 Å². The maximum atomic E-state index is 12.4. The summed E-state index contributed by atoms with van der Waals surface area (Å²) in [5, 5.41) is 6.33. The van der Waals surface area contributed by atoms with E-state index in [2.05, 4.69) is 37.5 Å². The predicted molar refractivity (Wildman–Crippen MR) is 85.7 cm³/mol. The Morgan fingerprint density at radius 2 is 2.00 bits per heavy atom. The van der Waals surface area contributed by atoms with Crippen LogP contribution < -0.4 is 10.6 Å². The molecule has 0 saturated heterocycles. The van der Waals surface area contributed by atoms with Gasteiger partial charge in [0.2, 0.25) is 5.91 Å². The highest BCUT2D eigenvalue weighted by Gasteiger charge is 2.28. The minimum absolute atomic E-state index is 0.0896. The molecule has 0 radical (unpaired) electrons. The Hall–Kier alpha value is -1.35. The molecule has 0 spiro atoms. The molecule has 1 aromatic rings. The molecule has 0 heterocycles. The Morgan fingerprint density at radius 1 is 1.30 bits per heavy atom. The molecule has 0 unspecified atom stereocenters. The molecule has 0 aliphatic rings. The minimum Gasteiger partial charge on any atom is -0.326 e. The van der Waals surface area contributed by atoms with Crippen LogP contribution in [0.1, 0.15) is 46.6 Å². The summed E-state index contributed by atoms with van der Waals surface area (Å²) in [5.41, 5.74) is 1.72. The Morgan fingerprint density at radius 3 is 2.60 bits per heavy atom. The normalized spacial score (nSPS) is 11.7. The van der Waals surface area contributed by atoms with E-state index in [4.69, 9.17) is 0 Å². The summed E-state index contributed by atoms with van der Waals surface area (Å²) in [6.45, 7) is 12.2. The first-order chi connectivity index (χ1) is 9.35. The average Bonchev–Trinajstić information content (AvgIpc) is 2.35. The number of nitrogens with one attached hydrogen (secondary N) is 2. The van der Waals surface area contributed by atoms with Crippen molar-refractivity contribution in [3.63, 3.8) is 0 Å². The largest absolute Gasteiger partial charge is 0.326 e. The van der Waals surface area contributed by atoms with Gasteiger partial charge >= 0.3 is 0 Å². The molecular formula is C17H28N2O. The number of rotatable bonds is 7. The molecule has 0 saturated carbocycles. The Kier molecular flexibility index (Phi) is 6.21. The second-order valence-electron chi connectivity index (χ2n) is 6.42. The van der Waals surface area contributed by atoms with E-state index >= 15 is 0 Å². The summed E-state index contributed by atoms with van der Waals surface area (Å²) in [6.07, 6.45) is 0.885. The maximum absolute atomic E-state index is 12.4. The Balaban J connectivity index is 2.70. The number of carbonyl (C=O) groups excluding carboxylic acids is 1. The smallest absolute Gasteiger partial charge is 0.230 e. The molecule has 3 nitrogen and oxygen atoms in total. The van der Waals surface area contributed by atoms with E-state index in [0.29, 0.717) is 5.92 Å². The first kappa shape index (κ1) is 16.7. The molecular weight excluding hydrogens is 248 g/mol. The topological polar surface area (TPSA) is 41.1 Å². The number of anilines is 1. The molecule has 1 aromatic carbocycles. The summed E-state index contributed by atoms with van der Waals surface area (Å²) in [4.78, 5) is 12.4. The van der Waals surface area contributed by atoms with E-state index < -0.39 is 0 Å². The molecule has 20 heavy (non-hydrogen) atoms. The van der Waals surface area contributed by atoms with Crippen molar-refractivity contribution in [3.8, 4) is 0 Å². The first-order valence-corrected chi connectivity index (χ1v) is 7.46. The van der Waals surface area contributed by atoms with Gasteiger partial charge in [-0.2, -0.15) is 0 Å². The number of hydrogen-bond donors (Lipinski definition) is 2. The van der Waals surface area contributed by atoms with Gasteiger partial charge in [-0.1, -0.05) is 46.8 Å². The Bertz CT molecular complexity index is 438. The van der Waals surface area contributed by atoms with Gasteiger partial charge in [0.15, 0.2) is 0 Å². The van der Waals surface area contributed by atoms with Crippen LogP contribution in [0.3, 0.4) is 0 Å². The SMILES string of the molecule is CCNCc1cccc(NC(=O)C(C)(C)CC(C)C)c1. The molecule has 0 fully saturated rings. The minimum atomic E-state index is -0.341. The van der Waals surface area contributed by atoms with Crippen LogP contribution in [-0.2, 0) is 11.3 Å². The molecule has 0 aliphatic heterocycles. The van der Waals surface area contributed by atoms with Crippen molar-refractivity contribution in [2.45, 2.75) is 47.6 Å². The fourth-order valence-electron chi connectivity index (χ4n) is 2.44. The molecule has 1 rings (SSSR count). The van der Waals surface area contributed by atoms with Gasteiger partial charge in [-0.3, -0.25) is 4.79 Å². The van der Waals surface area contributed by atoms with Gasteiger partial charge in [0.25, 0.3) is 0 Å². The third-order valence-electron chi connectivity index (χ3n) is 3.30. The van der Waals surface area contributed by atoms with Gasteiger partial charge in [-0.05, 0) is 36.6 Å². The molecule has 112 valence electrons. The molecule has 0 atom stereocenters. The number of carbonyl (C=O) groups is 1.